The average Bonchev–Trinajstić information content (AvgIpc) is 2.80. The first-order valence-corrected chi connectivity index (χ1v) is 11.7. The molecule has 9 heteroatoms. The number of aliphatic hydroxyl groups is 1. The number of hydrogen-bond acceptors (Lipinski definition) is 6. The van der Waals surface area contributed by atoms with Crippen LogP contribution < -0.4 is 10.0 Å². The van der Waals surface area contributed by atoms with Gasteiger partial charge in [0.2, 0.25) is 0 Å². The SMILES string of the molecule is Cc1ccc(S(=O)(=O)Nc2ccc(N[C@H]3CS(=O)(=O)C[C@@H]3O)cc2)c(C)c1. The van der Waals surface area contributed by atoms with Gasteiger partial charge in [-0.25, -0.2) is 16.8 Å². The maximum absolute atomic E-state index is 12.6. The van der Waals surface area contributed by atoms with E-state index < -0.39 is 32.0 Å². The van der Waals surface area contributed by atoms with E-state index in [9.17, 15) is 21.9 Å². The minimum absolute atomic E-state index is 0.130. The average molecular weight is 411 g/mol. The van der Waals surface area contributed by atoms with E-state index in [4.69, 9.17) is 0 Å². The molecule has 0 bridgehead atoms. The van der Waals surface area contributed by atoms with Crippen molar-refractivity contribution in [1.29, 1.82) is 0 Å². The third-order valence-corrected chi connectivity index (χ3v) is 7.69. The van der Waals surface area contributed by atoms with Gasteiger partial charge in [0.15, 0.2) is 9.84 Å². The molecule has 1 aliphatic heterocycles. The minimum Gasteiger partial charge on any atom is -0.390 e. The molecule has 0 unspecified atom stereocenters. The number of hydrogen-bond donors (Lipinski definition) is 3. The molecule has 7 nitrogen and oxygen atoms in total. The third kappa shape index (κ3) is 4.60. The zero-order valence-electron chi connectivity index (χ0n) is 15.0. The molecule has 146 valence electrons. The maximum Gasteiger partial charge on any atom is 0.262 e. The minimum atomic E-state index is -3.71. The van der Waals surface area contributed by atoms with Crippen LogP contribution >= 0.6 is 0 Å². The van der Waals surface area contributed by atoms with Crippen LogP contribution in [0.25, 0.3) is 0 Å². The van der Waals surface area contributed by atoms with Crippen molar-refractivity contribution in [3.05, 3.63) is 53.6 Å². The fourth-order valence-corrected chi connectivity index (χ4v) is 6.15. The number of aryl methyl sites for hydroxylation is 2. The number of rotatable bonds is 5. The molecule has 2 aromatic carbocycles. The molecular formula is C18H22N2O5S2. The fourth-order valence-electron chi connectivity index (χ4n) is 3.13. The van der Waals surface area contributed by atoms with Crippen LogP contribution in [-0.4, -0.2) is 45.6 Å². The lowest BCUT2D eigenvalue weighted by atomic mass is 10.2. The molecule has 0 amide bonds. The van der Waals surface area contributed by atoms with Crippen LogP contribution in [0.2, 0.25) is 0 Å². The second kappa shape index (κ2) is 7.14. The monoisotopic (exact) mass is 410 g/mol. The highest BCUT2D eigenvalue weighted by atomic mass is 32.2. The van der Waals surface area contributed by atoms with E-state index in [1.165, 1.54) is 0 Å². The summed E-state index contributed by atoms with van der Waals surface area (Å²) in [6, 6.07) is 11.0. The summed E-state index contributed by atoms with van der Waals surface area (Å²) in [5, 5.41) is 12.8. The van der Waals surface area contributed by atoms with E-state index in [2.05, 4.69) is 10.0 Å². The summed E-state index contributed by atoms with van der Waals surface area (Å²) in [4.78, 5) is 0.217. The summed E-state index contributed by atoms with van der Waals surface area (Å²) >= 11 is 0. The van der Waals surface area contributed by atoms with Gasteiger partial charge in [-0.1, -0.05) is 17.7 Å². The van der Waals surface area contributed by atoms with Crippen molar-refractivity contribution < 1.29 is 21.9 Å². The van der Waals surface area contributed by atoms with Gasteiger partial charge in [-0.15, -0.1) is 0 Å². The van der Waals surface area contributed by atoms with Crippen molar-refractivity contribution in [2.24, 2.45) is 0 Å². The summed E-state index contributed by atoms with van der Waals surface area (Å²) in [5.74, 6) is -0.381. The summed E-state index contributed by atoms with van der Waals surface area (Å²) in [6.45, 7) is 3.64. The van der Waals surface area contributed by atoms with Crippen LogP contribution in [0.5, 0.6) is 0 Å². The first-order chi connectivity index (χ1) is 12.6. The zero-order chi connectivity index (χ0) is 19.8. The molecule has 0 spiro atoms. The number of sulfonamides is 1. The smallest absolute Gasteiger partial charge is 0.262 e. The molecule has 27 heavy (non-hydrogen) atoms. The van der Waals surface area contributed by atoms with E-state index in [-0.39, 0.29) is 16.4 Å². The first-order valence-electron chi connectivity index (χ1n) is 8.41. The number of sulfone groups is 1. The second-order valence-electron chi connectivity index (χ2n) is 6.85. The number of benzene rings is 2. The Labute approximate surface area is 159 Å². The Kier molecular flexibility index (Phi) is 5.20. The Balaban J connectivity index is 1.72. The van der Waals surface area contributed by atoms with E-state index in [1.54, 1.807) is 43.3 Å². The lowest BCUT2D eigenvalue weighted by Crippen LogP contribution is -2.31. The molecule has 1 aliphatic rings. The van der Waals surface area contributed by atoms with E-state index in [0.717, 1.165) is 5.56 Å². The standard InChI is InChI=1S/C18H22N2O5S2/c1-12-3-8-18(13(2)9-12)27(24,25)20-15-6-4-14(5-7-15)19-16-10-26(22,23)11-17(16)21/h3-9,16-17,19-21H,10-11H2,1-2H3/t16-,17-/m0/s1. The largest absolute Gasteiger partial charge is 0.390 e. The van der Waals surface area contributed by atoms with Crippen molar-refractivity contribution >= 4 is 31.2 Å². The van der Waals surface area contributed by atoms with Gasteiger partial charge in [0, 0.05) is 11.4 Å². The molecule has 0 aromatic heterocycles. The van der Waals surface area contributed by atoms with Gasteiger partial charge in [-0.3, -0.25) is 4.72 Å². The van der Waals surface area contributed by atoms with Crippen LogP contribution in [0.4, 0.5) is 11.4 Å². The van der Waals surface area contributed by atoms with Crippen LogP contribution in [0.15, 0.2) is 47.4 Å². The molecular weight excluding hydrogens is 388 g/mol. The van der Waals surface area contributed by atoms with Gasteiger partial charge in [-0.2, -0.15) is 0 Å². The molecule has 1 heterocycles. The van der Waals surface area contributed by atoms with Gasteiger partial charge < -0.3 is 10.4 Å². The summed E-state index contributed by atoms with van der Waals surface area (Å²) in [5.41, 5.74) is 2.64. The lowest BCUT2D eigenvalue weighted by molar-refractivity contribution is 0.190. The number of nitrogens with one attached hydrogen (secondary N) is 2. The quantitative estimate of drug-likeness (QED) is 0.691. The summed E-state index contributed by atoms with van der Waals surface area (Å²) < 4.78 is 50.8. The summed E-state index contributed by atoms with van der Waals surface area (Å²) in [7, 11) is -6.95. The van der Waals surface area contributed by atoms with Gasteiger partial charge in [0.25, 0.3) is 10.0 Å². The number of anilines is 2. The second-order valence-corrected chi connectivity index (χ2v) is 10.7. The van der Waals surface area contributed by atoms with Crippen molar-refractivity contribution in [2.45, 2.75) is 30.9 Å². The van der Waals surface area contributed by atoms with Crippen molar-refractivity contribution in [2.75, 3.05) is 21.5 Å². The van der Waals surface area contributed by atoms with Crippen LogP contribution in [0.1, 0.15) is 11.1 Å². The lowest BCUT2D eigenvalue weighted by Gasteiger charge is -2.17. The van der Waals surface area contributed by atoms with Crippen LogP contribution in [-0.2, 0) is 19.9 Å². The molecule has 2 aromatic rings. The maximum atomic E-state index is 12.6. The van der Waals surface area contributed by atoms with Crippen molar-refractivity contribution in [3.8, 4) is 0 Å². The van der Waals surface area contributed by atoms with E-state index >= 15 is 0 Å². The zero-order valence-corrected chi connectivity index (χ0v) is 16.6. The first kappa shape index (κ1) is 19.7. The highest BCUT2D eigenvalue weighted by Gasteiger charge is 2.36. The Morgan fingerprint density at radius 2 is 1.63 bits per heavy atom. The Morgan fingerprint density at radius 3 is 2.19 bits per heavy atom. The highest BCUT2D eigenvalue weighted by molar-refractivity contribution is 7.92. The van der Waals surface area contributed by atoms with E-state index in [1.807, 2.05) is 13.0 Å². The molecule has 1 fully saturated rings. The Bertz CT molecular complexity index is 1050. The van der Waals surface area contributed by atoms with Gasteiger partial charge >= 0.3 is 0 Å². The topological polar surface area (TPSA) is 113 Å². The van der Waals surface area contributed by atoms with Crippen LogP contribution in [0.3, 0.4) is 0 Å². The van der Waals surface area contributed by atoms with Gasteiger partial charge in [-0.05, 0) is 49.7 Å². The number of aliphatic hydroxyl groups excluding tert-OH is 1. The Hall–Kier alpha value is -2.10. The molecule has 3 rings (SSSR count). The van der Waals surface area contributed by atoms with Crippen molar-refractivity contribution in [3.63, 3.8) is 0 Å². The third-order valence-electron chi connectivity index (χ3n) is 4.43. The molecule has 2 atom stereocenters. The molecule has 0 saturated carbocycles. The van der Waals surface area contributed by atoms with Gasteiger partial charge in [0.1, 0.15) is 0 Å². The van der Waals surface area contributed by atoms with Crippen LogP contribution in [0, 0.1) is 13.8 Å². The summed E-state index contributed by atoms with van der Waals surface area (Å²) in [6.07, 6.45) is -0.960. The molecule has 3 N–H and O–H groups in total. The molecule has 0 aliphatic carbocycles. The van der Waals surface area contributed by atoms with E-state index in [0.29, 0.717) is 16.9 Å². The fraction of sp³-hybridized carbons (Fsp3) is 0.333. The highest BCUT2D eigenvalue weighted by Crippen LogP contribution is 2.23. The predicted octanol–water partition coefficient (Wildman–Crippen LogP) is 1.67. The normalized spacial score (nSPS) is 21.7. The van der Waals surface area contributed by atoms with Crippen molar-refractivity contribution in [1.82, 2.24) is 0 Å². The van der Waals surface area contributed by atoms with Gasteiger partial charge in [0.05, 0.1) is 28.5 Å². The molecule has 0 radical (unpaired) electrons. The Morgan fingerprint density at radius 1 is 1.00 bits per heavy atom. The molecule has 1 saturated heterocycles. The predicted molar refractivity (Wildman–Crippen MR) is 105 cm³/mol.